The summed E-state index contributed by atoms with van der Waals surface area (Å²) >= 11 is 0. The molecular formula is C14H21N5O. The van der Waals surface area contributed by atoms with E-state index in [1.807, 2.05) is 25.4 Å². The van der Waals surface area contributed by atoms with Crippen LogP contribution in [0.3, 0.4) is 0 Å². The molecule has 6 heteroatoms. The molecule has 0 saturated carbocycles. The van der Waals surface area contributed by atoms with Gasteiger partial charge in [0.15, 0.2) is 5.82 Å². The molecule has 0 fully saturated rings. The van der Waals surface area contributed by atoms with E-state index in [0.717, 1.165) is 30.4 Å². The Balaban J connectivity index is 2.25. The number of nitrogens with zero attached hydrogens (tertiary/aromatic N) is 4. The largest absolute Gasteiger partial charge is 0.377 e. The van der Waals surface area contributed by atoms with Gasteiger partial charge in [-0.05, 0) is 13.8 Å². The molecule has 0 bridgehead atoms. The highest BCUT2D eigenvalue weighted by atomic mass is 16.5. The SMILES string of the molecule is CCNc1cc(Cc2nccn2CC)nc(COC)n1. The van der Waals surface area contributed by atoms with E-state index >= 15 is 0 Å². The molecule has 0 aliphatic carbocycles. The van der Waals surface area contributed by atoms with Crippen molar-refractivity contribution < 1.29 is 4.74 Å². The number of ether oxygens (including phenoxy) is 1. The van der Waals surface area contributed by atoms with Gasteiger partial charge in [-0.1, -0.05) is 0 Å². The zero-order valence-corrected chi connectivity index (χ0v) is 12.3. The summed E-state index contributed by atoms with van der Waals surface area (Å²) in [4.78, 5) is 13.3. The van der Waals surface area contributed by atoms with Crippen LogP contribution >= 0.6 is 0 Å². The normalized spacial score (nSPS) is 10.8. The fourth-order valence-electron chi connectivity index (χ4n) is 2.07. The lowest BCUT2D eigenvalue weighted by molar-refractivity contribution is 0.177. The quantitative estimate of drug-likeness (QED) is 0.835. The Kier molecular flexibility index (Phi) is 5.06. The smallest absolute Gasteiger partial charge is 0.156 e. The van der Waals surface area contributed by atoms with E-state index in [-0.39, 0.29) is 0 Å². The molecule has 0 aliphatic rings. The van der Waals surface area contributed by atoms with Gasteiger partial charge in [0.25, 0.3) is 0 Å². The third kappa shape index (κ3) is 3.54. The van der Waals surface area contributed by atoms with Crippen molar-refractivity contribution in [2.24, 2.45) is 0 Å². The van der Waals surface area contributed by atoms with Gasteiger partial charge in [0, 0.05) is 45.1 Å². The van der Waals surface area contributed by atoms with E-state index in [0.29, 0.717) is 18.9 Å². The lowest BCUT2D eigenvalue weighted by atomic mass is 10.2. The van der Waals surface area contributed by atoms with Crippen molar-refractivity contribution in [2.45, 2.75) is 33.4 Å². The van der Waals surface area contributed by atoms with Crippen molar-refractivity contribution in [3.05, 3.63) is 35.8 Å². The molecule has 0 amide bonds. The Hall–Kier alpha value is -1.95. The minimum absolute atomic E-state index is 0.411. The molecule has 0 unspecified atom stereocenters. The molecule has 2 rings (SSSR count). The van der Waals surface area contributed by atoms with Gasteiger partial charge in [-0.3, -0.25) is 0 Å². The van der Waals surface area contributed by atoms with Crippen LogP contribution in [-0.4, -0.2) is 33.2 Å². The van der Waals surface area contributed by atoms with E-state index in [1.54, 1.807) is 7.11 Å². The van der Waals surface area contributed by atoms with E-state index in [4.69, 9.17) is 4.74 Å². The van der Waals surface area contributed by atoms with Crippen molar-refractivity contribution in [1.82, 2.24) is 19.5 Å². The minimum atomic E-state index is 0.411. The molecule has 108 valence electrons. The van der Waals surface area contributed by atoms with E-state index in [1.165, 1.54) is 0 Å². The van der Waals surface area contributed by atoms with Crippen molar-refractivity contribution in [3.63, 3.8) is 0 Å². The van der Waals surface area contributed by atoms with E-state index in [9.17, 15) is 0 Å². The number of aromatic nitrogens is 4. The molecule has 0 saturated heterocycles. The summed E-state index contributed by atoms with van der Waals surface area (Å²) in [5.74, 6) is 2.53. The molecule has 2 aromatic heterocycles. The first-order chi connectivity index (χ1) is 9.76. The van der Waals surface area contributed by atoms with Crippen LogP contribution in [0.1, 0.15) is 31.2 Å². The first-order valence-corrected chi connectivity index (χ1v) is 6.86. The molecule has 0 spiro atoms. The summed E-state index contributed by atoms with van der Waals surface area (Å²) in [5, 5.41) is 3.22. The molecular weight excluding hydrogens is 254 g/mol. The van der Waals surface area contributed by atoms with E-state index < -0.39 is 0 Å². The van der Waals surface area contributed by atoms with Crippen molar-refractivity contribution in [1.29, 1.82) is 0 Å². The van der Waals surface area contributed by atoms with Crippen LogP contribution in [0, 0.1) is 0 Å². The third-order valence-corrected chi connectivity index (χ3v) is 2.94. The maximum absolute atomic E-state index is 5.12. The van der Waals surface area contributed by atoms with Crippen LogP contribution in [0.2, 0.25) is 0 Å². The predicted octanol–water partition coefficient (Wildman–Crippen LogP) is 1.86. The number of methoxy groups -OCH3 is 1. The fourth-order valence-corrected chi connectivity index (χ4v) is 2.07. The zero-order chi connectivity index (χ0) is 14.4. The maximum atomic E-state index is 5.12. The first-order valence-electron chi connectivity index (χ1n) is 6.86. The Labute approximate surface area is 119 Å². The number of rotatable bonds is 7. The summed E-state index contributed by atoms with van der Waals surface area (Å²) < 4.78 is 7.24. The van der Waals surface area contributed by atoms with Gasteiger partial charge in [-0.25, -0.2) is 15.0 Å². The summed E-state index contributed by atoms with van der Waals surface area (Å²) in [6.45, 7) is 6.29. The van der Waals surface area contributed by atoms with Gasteiger partial charge >= 0.3 is 0 Å². The molecule has 20 heavy (non-hydrogen) atoms. The molecule has 0 radical (unpaired) electrons. The van der Waals surface area contributed by atoms with Crippen LogP contribution in [-0.2, 0) is 24.3 Å². The van der Waals surface area contributed by atoms with Crippen molar-refractivity contribution in [3.8, 4) is 0 Å². The molecule has 1 N–H and O–H groups in total. The second-order valence-corrected chi connectivity index (χ2v) is 4.43. The number of nitrogens with one attached hydrogen (secondary N) is 1. The number of imidazole rings is 1. The summed E-state index contributed by atoms with van der Waals surface area (Å²) in [6.07, 6.45) is 4.50. The highest BCUT2D eigenvalue weighted by Gasteiger charge is 2.08. The summed E-state index contributed by atoms with van der Waals surface area (Å²) in [6, 6.07) is 1.97. The Morgan fingerprint density at radius 2 is 2.15 bits per heavy atom. The van der Waals surface area contributed by atoms with Gasteiger partial charge < -0.3 is 14.6 Å². The van der Waals surface area contributed by atoms with Crippen molar-refractivity contribution >= 4 is 5.82 Å². The van der Waals surface area contributed by atoms with Gasteiger partial charge in [0.2, 0.25) is 0 Å². The minimum Gasteiger partial charge on any atom is -0.377 e. The molecule has 0 aliphatic heterocycles. The average Bonchev–Trinajstić information content (AvgIpc) is 2.86. The topological polar surface area (TPSA) is 64.9 Å². The Morgan fingerprint density at radius 1 is 1.30 bits per heavy atom. The number of hydrogen-bond acceptors (Lipinski definition) is 5. The second-order valence-electron chi connectivity index (χ2n) is 4.43. The molecule has 0 aromatic carbocycles. The first kappa shape index (κ1) is 14.5. The second kappa shape index (κ2) is 7.00. The lowest BCUT2D eigenvalue weighted by Crippen LogP contribution is -2.09. The standard InChI is InChI=1S/C14H21N5O/c1-4-15-12-8-11(17-13(18-12)10-20-3)9-14-16-6-7-19(14)5-2/h6-8H,4-5,9-10H2,1-3H3,(H,15,17,18). The maximum Gasteiger partial charge on any atom is 0.156 e. The number of anilines is 1. The average molecular weight is 275 g/mol. The van der Waals surface area contributed by atoms with Gasteiger partial charge in [-0.2, -0.15) is 0 Å². The van der Waals surface area contributed by atoms with Crippen LogP contribution in [0.25, 0.3) is 0 Å². The predicted molar refractivity (Wildman–Crippen MR) is 77.6 cm³/mol. The van der Waals surface area contributed by atoms with E-state index in [2.05, 4.69) is 31.8 Å². The highest BCUT2D eigenvalue weighted by molar-refractivity contribution is 5.36. The molecule has 0 atom stereocenters. The fraction of sp³-hybridized carbons (Fsp3) is 0.500. The Morgan fingerprint density at radius 3 is 2.85 bits per heavy atom. The molecule has 2 aromatic rings. The Bertz CT molecular complexity index is 528. The molecule has 2 heterocycles. The van der Waals surface area contributed by atoms with Crippen molar-refractivity contribution in [2.75, 3.05) is 19.0 Å². The van der Waals surface area contributed by atoms with Gasteiger partial charge in [-0.15, -0.1) is 0 Å². The summed E-state index contributed by atoms with van der Waals surface area (Å²) in [5.41, 5.74) is 0.948. The van der Waals surface area contributed by atoms with Crippen LogP contribution in [0.5, 0.6) is 0 Å². The number of aryl methyl sites for hydroxylation is 1. The van der Waals surface area contributed by atoms with Crippen LogP contribution in [0.4, 0.5) is 5.82 Å². The van der Waals surface area contributed by atoms with Gasteiger partial charge in [0.1, 0.15) is 18.2 Å². The zero-order valence-electron chi connectivity index (χ0n) is 12.3. The van der Waals surface area contributed by atoms with Crippen LogP contribution < -0.4 is 5.32 Å². The summed E-state index contributed by atoms with van der Waals surface area (Å²) in [7, 11) is 1.65. The number of hydrogen-bond donors (Lipinski definition) is 1. The highest BCUT2D eigenvalue weighted by Crippen LogP contribution is 2.12. The monoisotopic (exact) mass is 275 g/mol. The van der Waals surface area contributed by atoms with Crippen LogP contribution in [0.15, 0.2) is 18.5 Å². The lowest BCUT2D eigenvalue weighted by Gasteiger charge is -2.09. The van der Waals surface area contributed by atoms with Gasteiger partial charge in [0.05, 0.1) is 5.69 Å². The molecule has 6 nitrogen and oxygen atoms in total. The third-order valence-electron chi connectivity index (χ3n) is 2.94.